The predicted molar refractivity (Wildman–Crippen MR) is 119 cm³/mol. The van der Waals surface area contributed by atoms with Gasteiger partial charge in [0, 0.05) is 27.1 Å². The number of esters is 2. The van der Waals surface area contributed by atoms with Crippen molar-refractivity contribution in [3.8, 4) is 0 Å². The van der Waals surface area contributed by atoms with Gasteiger partial charge in [-0.15, -0.1) is 0 Å². The number of hydrogen-bond donors (Lipinski definition) is 0. The minimum atomic E-state index is -0.115. The molecule has 30 heavy (non-hydrogen) atoms. The third-order valence-electron chi connectivity index (χ3n) is 4.77. The molecule has 0 aromatic heterocycles. The first-order valence-corrected chi connectivity index (χ1v) is 11.6. The highest BCUT2D eigenvalue weighted by Crippen LogP contribution is 2.10. The van der Waals surface area contributed by atoms with Crippen LogP contribution in [0.1, 0.15) is 89.9 Å². The van der Waals surface area contributed by atoms with Gasteiger partial charge in [-0.1, -0.05) is 50.7 Å². The van der Waals surface area contributed by atoms with Crippen LogP contribution in [0.4, 0.5) is 0 Å². The maximum absolute atomic E-state index is 11.4. The quantitative estimate of drug-likeness (QED) is 0.131. The molecule has 0 bridgehead atoms. The lowest BCUT2D eigenvalue weighted by molar-refractivity contribution is -0.145. The second-order valence-corrected chi connectivity index (χ2v) is 7.51. The lowest BCUT2D eigenvalue weighted by Crippen LogP contribution is -2.09. The van der Waals surface area contributed by atoms with E-state index in [2.05, 4.69) is 12.2 Å². The fourth-order valence-corrected chi connectivity index (χ4v) is 2.98. The molecule has 0 fully saturated rings. The number of carbonyl (C=O) groups excluding carboxylic acids is 2. The van der Waals surface area contributed by atoms with Crippen molar-refractivity contribution < 1.29 is 28.5 Å². The summed E-state index contributed by atoms with van der Waals surface area (Å²) in [5.74, 6) is -0.231. The molecule has 6 nitrogen and oxygen atoms in total. The third-order valence-corrected chi connectivity index (χ3v) is 4.77. The van der Waals surface area contributed by atoms with Gasteiger partial charge in [0.05, 0.1) is 13.2 Å². The largest absolute Gasteiger partial charge is 0.463 e. The molecule has 0 aliphatic rings. The first kappa shape index (κ1) is 28.6. The van der Waals surface area contributed by atoms with E-state index < -0.39 is 0 Å². The second kappa shape index (κ2) is 23.9. The lowest BCUT2D eigenvalue weighted by atomic mass is 10.1. The van der Waals surface area contributed by atoms with Crippen molar-refractivity contribution in [2.75, 3.05) is 40.6 Å². The van der Waals surface area contributed by atoms with E-state index in [0.717, 1.165) is 38.5 Å². The molecule has 6 heteroatoms. The van der Waals surface area contributed by atoms with Gasteiger partial charge in [-0.3, -0.25) is 9.59 Å². The number of allylic oxidation sites excluding steroid dienone is 2. The number of ether oxygens (including phenoxy) is 4. The van der Waals surface area contributed by atoms with Crippen molar-refractivity contribution in [2.45, 2.75) is 89.9 Å². The van der Waals surface area contributed by atoms with Gasteiger partial charge in [0.25, 0.3) is 0 Å². The van der Waals surface area contributed by atoms with Gasteiger partial charge in [0.1, 0.15) is 13.2 Å². The highest BCUT2D eigenvalue weighted by atomic mass is 16.6. The van der Waals surface area contributed by atoms with Gasteiger partial charge in [-0.25, -0.2) is 0 Å². The number of methoxy groups -OCH3 is 2. The van der Waals surface area contributed by atoms with E-state index in [1.54, 1.807) is 14.2 Å². The van der Waals surface area contributed by atoms with Crippen molar-refractivity contribution in [3.05, 3.63) is 12.2 Å². The van der Waals surface area contributed by atoms with Crippen molar-refractivity contribution in [1.29, 1.82) is 0 Å². The van der Waals surface area contributed by atoms with Gasteiger partial charge in [0.2, 0.25) is 0 Å². The third kappa shape index (κ3) is 22.9. The summed E-state index contributed by atoms with van der Waals surface area (Å²) in [6.45, 7) is 1.64. The molecular formula is C24H44O6. The molecule has 0 saturated carbocycles. The molecule has 0 radical (unpaired) electrons. The molecule has 0 atom stereocenters. The summed E-state index contributed by atoms with van der Waals surface area (Å²) in [5.41, 5.74) is 0. The molecule has 0 aliphatic carbocycles. The average molecular weight is 429 g/mol. The SMILES string of the molecule is COCCOC(=O)CCCCCCCC=CCCCCCCCC(=O)OCCOC. The van der Waals surface area contributed by atoms with E-state index in [9.17, 15) is 9.59 Å². The van der Waals surface area contributed by atoms with Crippen LogP contribution in [0, 0.1) is 0 Å². The van der Waals surface area contributed by atoms with Crippen LogP contribution in [0.15, 0.2) is 12.2 Å². The summed E-state index contributed by atoms with van der Waals surface area (Å²) >= 11 is 0. The average Bonchev–Trinajstić information content (AvgIpc) is 2.73. The van der Waals surface area contributed by atoms with Gasteiger partial charge < -0.3 is 18.9 Å². The van der Waals surface area contributed by atoms with Gasteiger partial charge in [-0.05, 0) is 38.5 Å². The first-order valence-electron chi connectivity index (χ1n) is 11.6. The Balaban J connectivity index is 3.24. The maximum atomic E-state index is 11.4. The Kier molecular flexibility index (Phi) is 22.8. The Morgan fingerprint density at radius 2 is 0.900 bits per heavy atom. The number of hydrogen-bond acceptors (Lipinski definition) is 6. The summed E-state index contributed by atoms with van der Waals surface area (Å²) in [5, 5.41) is 0. The molecule has 0 saturated heterocycles. The summed E-state index contributed by atoms with van der Waals surface area (Å²) in [6, 6.07) is 0. The van der Waals surface area contributed by atoms with E-state index in [4.69, 9.17) is 18.9 Å². The zero-order chi connectivity index (χ0) is 22.1. The Morgan fingerprint density at radius 3 is 1.30 bits per heavy atom. The Morgan fingerprint density at radius 1 is 0.533 bits per heavy atom. The van der Waals surface area contributed by atoms with E-state index in [0.29, 0.717) is 39.3 Å². The van der Waals surface area contributed by atoms with Gasteiger partial charge >= 0.3 is 11.9 Å². The lowest BCUT2D eigenvalue weighted by Gasteiger charge is -2.04. The van der Waals surface area contributed by atoms with Crippen LogP contribution in [-0.4, -0.2) is 52.6 Å². The van der Waals surface area contributed by atoms with E-state index in [1.807, 2.05) is 0 Å². The smallest absolute Gasteiger partial charge is 0.305 e. The minimum absolute atomic E-state index is 0.115. The molecule has 0 spiro atoms. The van der Waals surface area contributed by atoms with E-state index in [1.165, 1.54) is 38.5 Å². The molecule has 0 aliphatic heterocycles. The van der Waals surface area contributed by atoms with Crippen molar-refractivity contribution >= 4 is 11.9 Å². The standard InChI is InChI=1S/C24H44O6/c1-27-19-21-29-23(25)17-15-13-11-9-7-5-3-4-6-8-10-12-14-16-18-24(26)30-22-20-28-2/h3-4H,5-22H2,1-2H3. The summed E-state index contributed by atoms with van der Waals surface area (Å²) in [4.78, 5) is 22.8. The summed E-state index contributed by atoms with van der Waals surface area (Å²) < 4.78 is 19.8. The Labute approximate surface area is 183 Å². The van der Waals surface area contributed by atoms with Crippen LogP contribution < -0.4 is 0 Å². The number of carbonyl (C=O) groups is 2. The van der Waals surface area contributed by atoms with Crippen LogP contribution in [0.25, 0.3) is 0 Å². The molecule has 176 valence electrons. The predicted octanol–water partition coefficient (Wildman–Crippen LogP) is 5.38. The van der Waals surface area contributed by atoms with E-state index in [-0.39, 0.29) is 11.9 Å². The minimum Gasteiger partial charge on any atom is -0.463 e. The summed E-state index contributed by atoms with van der Waals surface area (Å²) in [7, 11) is 3.20. The molecule has 0 unspecified atom stereocenters. The first-order chi connectivity index (χ1) is 14.7. The zero-order valence-corrected chi connectivity index (χ0v) is 19.3. The molecule has 0 N–H and O–H groups in total. The fraction of sp³-hybridized carbons (Fsp3) is 0.833. The summed E-state index contributed by atoms with van der Waals surface area (Å²) in [6.07, 6.45) is 19.1. The Hall–Kier alpha value is -1.40. The van der Waals surface area contributed by atoms with Crippen molar-refractivity contribution in [2.24, 2.45) is 0 Å². The Bertz CT molecular complexity index is 384. The van der Waals surface area contributed by atoms with Crippen molar-refractivity contribution in [3.63, 3.8) is 0 Å². The molecular weight excluding hydrogens is 384 g/mol. The van der Waals surface area contributed by atoms with Gasteiger partial charge in [0.15, 0.2) is 0 Å². The van der Waals surface area contributed by atoms with Gasteiger partial charge in [-0.2, -0.15) is 0 Å². The second-order valence-electron chi connectivity index (χ2n) is 7.51. The molecule has 0 aromatic carbocycles. The molecule has 0 heterocycles. The normalized spacial score (nSPS) is 11.1. The zero-order valence-electron chi connectivity index (χ0n) is 19.3. The highest BCUT2D eigenvalue weighted by molar-refractivity contribution is 5.69. The highest BCUT2D eigenvalue weighted by Gasteiger charge is 2.02. The van der Waals surface area contributed by atoms with Crippen LogP contribution in [0.5, 0.6) is 0 Å². The van der Waals surface area contributed by atoms with E-state index >= 15 is 0 Å². The maximum Gasteiger partial charge on any atom is 0.305 e. The van der Waals surface area contributed by atoms with Crippen LogP contribution in [0.2, 0.25) is 0 Å². The van der Waals surface area contributed by atoms with Crippen LogP contribution in [0.3, 0.4) is 0 Å². The molecule has 0 aromatic rings. The topological polar surface area (TPSA) is 71.1 Å². The number of unbranched alkanes of at least 4 members (excludes halogenated alkanes) is 10. The monoisotopic (exact) mass is 428 g/mol. The van der Waals surface area contributed by atoms with Crippen molar-refractivity contribution in [1.82, 2.24) is 0 Å². The molecule has 0 amide bonds. The van der Waals surface area contributed by atoms with Crippen LogP contribution >= 0.6 is 0 Å². The molecule has 0 rings (SSSR count). The number of rotatable bonds is 22. The fourth-order valence-electron chi connectivity index (χ4n) is 2.98. The van der Waals surface area contributed by atoms with Crippen LogP contribution in [-0.2, 0) is 28.5 Å².